The quantitative estimate of drug-likeness (QED) is 0.847. The molecular weight excluding hydrogens is 372 g/mol. The van der Waals surface area contributed by atoms with Crippen LogP contribution in [0.5, 0.6) is 11.5 Å². The van der Waals surface area contributed by atoms with Crippen LogP contribution in [0.15, 0.2) is 30.3 Å². The highest BCUT2D eigenvalue weighted by atomic mass is 35.5. The van der Waals surface area contributed by atoms with E-state index in [9.17, 15) is 4.79 Å². The van der Waals surface area contributed by atoms with Crippen LogP contribution in [0, 0.1) is 0 Å². The number of fused-ring (bicyclic) bond motifs is 1. The number of nitrogens with one attached hydrogen (secondary N) is 1. The molecule has 2 unspecified atom stereocenters. The third-order valence-corrected chi connectivity index (χ3v) is 6.06. The average molecular weight is 395 g/mol. The van der Waals surface area contributed by atoms with Crippen LogP contribution in [0.4, 0.5) is 0 Å². The molecule has 1 aromatic heterocycles. The fourth-order valence-corrected chi connectivity index (χ4v) is 4.25. The summed E-state index contributed by atoms with van der Waals surface area (Å²) >= 11 is 1.53. The topological polar surface area (TPSA) is 50.8 Å². The van der Waals surface area contributed by atoms with E-state index in [4.69, 9.17) is 9.47 Å². The van der Waals surface area contributed by atoms with E-state index in [2.05, 4.69) is 19.2 Å². The van der Waals surface area contributed by atoms with Crippen molar-refractivity contribution in [3.63, 3.8) is 0 Å². The highest BCUT2D eigenvalue weighted by Crippen LogP contribution is 2.37. The minimum absolute atomic E-state index is 0. The van der Waals surface area contributed by atoms with Gasteiger partial charge in [-0.15, -0.1) is 23.7 Å². The molecule has 0 bridgehead atoms. The molecule has 2 aliphatic rings. The second-order valence-corrected chi connectivity index (χ2v) is 7.59. The maximum Gasteiger partial charge on any atom is 0.264 e. The van der Waals surface area contributed by atoms with Crippen LogP contribution < -0.4 is 14.8 Å². The molecule has 7 heteroatoms. The fourth-order valence-electron chi connectivity index (χ4n) is 3.29. The van der Waals surface area contributed by atoms with Crippen LogP contribution in [-0.4, -0.2) is 49.2 Å². The molecule has 26 heavy (non-hydrogen) atoms. The summed E-state index contributed by atoms with van der Waals surface area (Å²) in [7, 11) is 0. The summed E-state index contributed by atoms with van der Waals surface area (Å²) in [5.41, 5.74) is 1.05. The molecular formula is C19H23ClN2O3S. The van der Waals surface area contributed by atoms with Gasteiger partial charge in [-0.2, -0.15) is 0 Å². The number of thiophene rings is 1. The minimum Gasteiger partial charge on any atom is -0.486 e. The summed E-state index contributed by atoms with van der Waals surface area (Å²) in [6.45, 7) is 6.98. The van der Waals surface area contributed by atoms with Crippen molar-refractivity contribution in [3.05, 3.63) is 35.2 Å². The smallest absolute Gasteiger partial charge is 0.264 e. The van der Waals surface area contributed by atoms with E-state index in [0.29, 0.717) is 19.3 Å². The van der Waals surface area contributed by atoms with E-state index >= 15 is 0 Å². The first-order valence-corrected chi connectivity index (χ1v) is 9.49. The number of carbonyl (C=O) groups excluding carboxylic acids is 1. The normalized spacial score (nSPS) is 21.8. The Hall–Kier alpha value is -1.76. The summed E-state index contributed by atoms with van der Waals surface area (Å²) in [4.78, 5) is 16.7. The summed E-state index contributed by atoms with van der Waals surface area (Å²) in [6.07, 6.45) is 0. The highest BCUT2D eigenvalue weighted by Gasteiger charge is 2.29. The number of hydrogen-bond donors (Lipinski definition) is 1. The van der Waals surface area contributed by atoms with Crippen LogP contribution in [0.25, 0.3) is 10.4 Å². The van der Waals surface area contributed by atoms with Gasteiger partial charge >= 0.3 is 0 Å². The highest BCUT2D eigenvalue weighted by molar-refractivity contribution is 7.17. The number of carbonyl (C=O) groups is 1. The number of halogens is 1. The molecule has 4 rings (SSSR count). The zero-order valence-electron chi connectivity index (χ0n) is 14.9. The Morgan fingerprint density at radius 2 is 1.92 bits per heavy atom. The second kappa shape index (κ2) is 7.86. The molecule has 2 atom stereocenters. The SMILES string of the molecule is CC1NCCN(C(=O)c2ccc(-c3ccc4c(c3)OCCO4)s2)C1C.Cl. The molecule has 3 heterocycles. The Kier molecular flexibility index (Phi) is 5.75. The van der Waals surface area contributed by atoms with Gasteiger partial charge in [0.15, 0.2) is 11.5 Å². The Labute approximate surface area is 163 Å². The first-order chi connectivity index (χ1) is 12.1. The first-order valence-electron chi connectivity index (χ1n) is 8.67. The van der Waals surface area contributed by atoms with Gasteiger partial charge in [-0.1, -0.05) is 0 Å². The average Bonchev–Trinajstić information content (AvgIpc) is 3.13. The molecule has 2 aliphatic heterocycles. The molecule has 5 nitrogen and oxygen atoms in total. The molecule has 1 saturated heterocycles. The molecule has 0 spiro atoms. The number of amides is 1. The van der Waals surface area contributed by atoms with Crippen LogP contribution in [0.2, 0.25) is 0 Å². The zero-order valence-corrected chi connectivity index (χ0v) is 16.5. The summed E-state index contributed by atoms with van der Waals surface area (Å²) in [5.74, 6) is 1.68. The van der Waals surface area contributed by atoms with E-state index in [1.54, 1.807) is 0 Å². The van der Waals surface area contributed by atoms with Gasteiger partial charge in [-0.3, -0.25) is 4.79 Å². The standard InChI is InChI=1S/C19H22N2O3S.ClH/c1-12-13(2)21(8-7-20-12)19(22)18-6-5-17(25-18)14-3-4-15-16(11-14)24-10-9-23-15;/h3-6,11-13,20H,7-10H2,1-2H3;1H. The fraction of sp³-hybridized carbons (Fsp3) is 0.421. The lowest BCUT2D eigenvalue weighted by Gasteiger charge is -2.38. The van der Waals surface area contributed by atoms with Gasteiger partial charge in [0, 0.05) is 30.1 Å². The van der Waals surface area contributed by atoms with Gasteiger partial charge in [0.2, 0.25) is 0 Å². The molecule has 1 aromatic carbocycles. The number of ether oxygens (including phenoxy) is 2. The lowest BCUT2D eigenvalue weighted by atomic mass is 10.1. The maximum atomic E-state index is 12.9. The van der Waals surface area contributed by atoms with E-state index in [0.717, 1.165) is 39.9 Å². The number of piperazine rings is 1. The van der Waals surface area contributed by atoms with Gasteiger partial charge in [0.1, 0.15) is 13.2 Å². The van der Waals surface area contributed by atoms with Crippen molar-refractivity contribution in [2.75, 3.05) is 26.3 Å². The molecule has 0 saturated carbocycles. The van der Waals surface area contributed by atoms with Gasteiger partial charge in [0.25, 0.3) is 5.91 Å². The minimum atomic E-state index is 0. The van der Waals surface area contributed by atoms with Crippen molar-refractivity contribution in [1.29, 1.82) is 0 Å². The number of hydrogen-bond acceptors (Lipinski definition) is 5. The van der Waals surface area contributed by atoms with Crippen molar-refractivity contribution in [2.24, 2.45) is 0 Å². The Bertz CT molecular complexity index is 795. The first kappa shape index (κ1) is 19.0. The van der Waals surface area contributed by atoms with Crippen molar-refractivity contribution >= 4 is 29.7 Å². The Morgan fingerprint density at radius 1 is 1.15 bits per heavy atom. The summed E-state index contributed by atoms with van der Waals surface area (Å²) < 4.78 is 11.2. The van der Waals surface area contributed by atoms with E-state index in [-0.39, 0.29) is 24.4 Å². The lowest BCUT2D eigenvalue weighted by molar-refractivity contribution is 0.0608. The van der Waals surface area contributed by atoms with Crippen LogP contribution in [-0.2, 0) is 0 Å². The largest absolute Gasteiger partial charge is 0.486 e. The Balaban J connectivity index is 0.00000196. The van der Waals surface area contributed by atoms with Crippen molar-refractivity contribution in [2.45, 2.75) is 25.9 Å². The van der Waals surface area contributed by atoms with Gasteiger partial charge < -0.3 is 19.7 Å². The van der Waals surface area contributed by atoms with Crippen molar-refractivity contribution in [3.8, 4) is 21.9 Å². The summed E-state index contributed by atoms with van der Waals surface area (Å²) in [6, 6.07) is 10.4. The van der Waals surface area contributed by atoms with Gasteiger partial charge in [-0.05, 0) is 49.7 Å². The molecule has 1 amide bonds. The number of benzene rings is 1. The van der Waals surface area contributed by atoms with Crippen molar-refractivity contribution in [1.82, 2.24) is 10.2 Å². The molecule has 1 fully saturated rings. The van der Waals surface area contributed by atoms with Crippen LogP contribution >= 0.6 is 23.7 Å². The zero-order chi connectivity index (χ0) is 17.4. The third kappa shape index (κ3) is 3.54. The predicted molar refractivity (Wildman–Crippen MR) is 106 cm³/mol. The predicted octanol–water partition coefficient (Wildman–Crippen LogP) is 3.43. The Morgan fingerprint density at radius 3 is 2.73 bits per heavy atom. The molecule has 140 valence electrons. The lowest BCUT2D eigenvalue weighted by Crippen LogP contribution is -2.57. The van der Waals surface area contributed by atoms with E-state index < -0.39 is 0 Å². The monoisotopic (exact) mass is 394 g/mol. The molecule has 1 N–H and O–H groups in total. The van der Waals surface area contributed by atoms with E-state index in [1.165, 1.54) is 11.3 Å². The summed E-state index contributed by atoms with van der Waals surface area (Å²) in [5, 5.41) is 3.41. The maximum absolute atomic E-state index is 12.9. The number of nitrogens with zero attached hydrogens (tertiary/aromatic N) is 1. The third-order valence-electron chi connectivity index (χ3n) is 4.94. The van der Waals surface area contributed by atoms with Gasteiger partial charge in [-0.25, -0.2) is 0 Å². The van der Waals surface area contributed by atoms with E-state index in [1.807, 2.05) is 35.2 Å². The second-order valence-electron chi connectivity index (χ2n) is 6.50. The molecule has 0 aliphatic carbocycles. The van der Waals surface area contributed by atoms with Crippen LogP contribution in [0.3, 0.4) is 0 Å². The van der Waals surface area contributed by atoms with Crippen molar-refractivity contribution < 1.29 is 14.3 Å². The van der Waals surface area contributed by atoms with Gasteiger partial charge in [0.05, 0.1) is 4.88 Å². The molecule has 2 aromatic rings. The number of rotatable bonds is 2. The molecule has 0 radical (unpaired) electrons. The van der Waals surface area contributed by atoms with Crippen LogP contribution in [0.1, 0.15) is 23.5 Å².